The van der Waals surface area contributed by atoms with Crippen LogP contribution < -0.4 is 4.74 Å². The Kier molecular flexibility index (Phi) is 5.64. The van der Waals surface area contributed by atoms with Crippen LogP contribution in [0.15, 0.2) is 53.9 Å². The summed E-state index contributed by atoms with van der Waals surface area (Å²) in [6.45, 7) is 2.50. The maximum Gasteiger partial charge on any atom is 0.273 e. The molecule has 1 aliphatic rings. The highest BCUT2D eigenvalue weighted by Gasteiger charge is 2.21. The minimum Gasteiger partial charge on any atom is -0.489 e. The molecular formula is C21H19FN2O3S. The third-order valence-corrected chi connectivity index (χ3v) is 5.37. The Labute approximate surface area is 166 Å². The molecule has 0 aliphatic carbocycles. The van der Waals surface area contributed by atoms with Crippen molar-refractivity contribution in [2.75, 3.05) is 26.3 Å². The Morgan fingerprint density at radius 3 is 2.64 bits per heavy atom. The summed E-state index contributed by atoms with van der Waals surface area (Å²) in [5, 5.41) is 2.56. The number of amides is 1. The number of rotatable bonds is 5. The average molecular weight is 398 g/mol. The SMILES string of the molecule is O=C(c1csc(-c2ccc(OCc3ccccc3F)cc2)n1)N1CCOCC1. The van der Waals surface area contributed by atoms with E-state index >= 15 is 0 Å². The molecule has 0 atom stereocenters. The molecule has 0 spiro atoms. The van der Waals surface area contributed by atoms with Gasteiger partial charge in [0.2, 0.25) is 0 Å². The molecular weight excluding hydrogens is 379 g/mol. The maximum absolute atomic E-state index is 13.7. The van der Waals surface area contributed by atoms with Gasteiger partial charge in [-0.15, -0.1) is 11.3 Å². The molecule has 0 radical (unpaired) electrons. The van der Waals surface area contributed by atoms with Crippen molar-refractivity contribution >= 4 is 17.2 Å². The van der Waals surface area contributed by atoms with Crippen molar-refractivity contribution in [2.24, 2.45) is 0 Å². The van der Waals surface area contributed by atoms with Gasteiger partial charge in [-0.05, 0) is 30.3 Å². The summed E-state index contributed by atoms with van der Waals surface area (Å²) >= 11 is 1.43. The number of hydrogen-bond donors (Lipinski definition) is 0. The average Bonchev–Trinajstić information content (AvgIpc) is 3.24. The van der Waals surface area contributed by atoms with Gasteiger partial charge in [-0.25, -0.2) is 9.37 Å². The van der Waals surface area contributed by atoms with E-state index in [9.17, 15) is 9.18 Å². The van der Waals surface area contributed by atoms with E-state index < -0.39 is 0 Å². The summed E-state index contributed by atoms with van der Waals surface area (Å²) in [5.41, 5.74) is 1.88. The van der Waals surface area contributed by atoms with E-state index in [4.69, 9.17) is 9.47 Å². The lowest BCUT2D eigenvalue weighted by Gasteiger charge is -2.25. The number of ether oxygens (including phenoxy) is 2. The van der Waals surface area contributed by atoms with Crippen LogP contribution in [0.4, 0.5) is 4.39 Å². The highest BCUT2D eigenvalue weighted by Crippen LogP contribution is 2.26. The lowest BCUT2D eigenvalue weighted by molar-refractivity contribution is 0.0299. The van der Waals surface area contributed by atoms with Crippen LogP contribution in [0.1, 0.15) is 16.1 Å². The highest BCUT2D eigenvalue weighted by atomic mass is 32.1. The van der Waals surface area contributed by atoms with Gasteiger partial charge < -0.3 is 14.4 Å². The normalized spacial score (nSPS) is 14.1. The van der Waals surface area contributed by atoms with E-state index in [1.54, 1.807) is 28.5 Å². The van der Waals surface area contributed by atoms with E-state index in [1.807, 2.05) is 24.3 Å². The molecule has 28 heavy (non-hydrogen) atoms. The summed E-state index contributed by atoms with van der Waals surface area (Å²) < 4.78 is 24.6. The monoisotopic (exact) mass is 398 g/mol. The standard InChI is InChI=1S/C21H19FN2O3S/c22-18-4-2-1-3-16(18)13-27-17-7-5-15(6-8-17)20-23-19(14-28-20)21(25)24-9-11-26-12-10-24/h1-8,14H,9-13H2. The van der Waals surface area contributed by atoms with Crippen LogP contribution in [-0.4, -0.2) is 42.1 Å². The predicted molar refractivity (Wildman–Crippen MR) is 105 cm³/mol. The van der Waals surface area contributed by atoms with Crippen LogP contribution in [-0.2, 0) is 11.3 Å². The van der Waals surface area contributed by atoms with Gasteiger partial charge >= 0.3 is 0 Å². The first-order chi connectivity index (χ1) is 13.7. The number of benzene rings is 2. The van der Waals surface area contributed by atoms with Crippen molar-refractivity contribution in [2.45, 2.75) is 6.61 Å². The summed E-state index contributed by atoms with van der Waals surface area (Å²) in [6.07, 6.45) is 0. The fourth-order valence-electron chi connectivity index (χ4n) is 2.90. The molecule has 0 bridgehead atoms. The second kappa shape index (κ2) is 8.50. The molecule has 1 amide bonds. The Hall–Kier alpha value is -2.77. The lowest BCUT2D eigenvalue weighted by Crippen LogP contribution is -2.40. The summed E-state index contributed by atoms with van der Waals surface area (Å²) in [6, 6.07) is 14.0. The number of carbonyl (C=O) groups excluding carboxylic acids is 1. The zero-order chi connectivity index (χ0) is 19.3. The van der Waals surface area contributed by atoms with E-state index in [1.165, 1.54) is 17.4 Å². The van der Waals surface area contributed by atoms with Crippen molar-refractivity contribution in [1.82, 2.24) is 9.88 Å². The number of thiazole rings is 1. The number of hydrogen-bond acceptors (Lipinski definition) is 5. The lowest BCUT2D eigenvalue weighted by atomic mass is 10.2. The molecule has 0 unspecified atom stereocenters. The molecule has 144 valence electrons. The molecule has 0 saturated carbocycles. The summed E-state index contributed by atoms with van der Waals surface area (Å²) in [4.78, 5) is 18.8. The van der Waals surface area contributed by atoms with Crippen molar-refractivity contribution in [1.29, 1.82) is 0 Å². The Balaban J connectivity index is 1.40. The fourth-order valence-corrected chi connectivity index (χ4v) is 3.70. The molecule has 1 aromatic heterocycles. The van der Waals surface area contributed by atoms with Gasteiger partial charge in [0, 0.05) is 29.6 Å². The third kappa shape index (κ3) is 4.21. The molecule has 1 aliphatic heterocycles. The number of halogens is 1. The quantitative estimate of drug-likeness (QED) is 0.652. The van der Waals surface area contributed by atoms with Crippen LogP contribution >= 0.6 is 11.3 Å². The van der Waals surface area contributed by atoms with Crippen LogP contribution in [0.2, 0.25) is 0 Å². The van der Waals surface area contributed by atoms with Gasteiger partial charge in [0.15, 0.2) is 0 Å². The second-order valence-corrected chi connectivity index (χ2v) is 7.21. The molecule has 1 saturated heterocycles. The van der Waals surface area contributed by atoms with E-state index in [0.717, 1.165) is 10.6 Å². The zero-order valence-corrected chi connectivity index (χ0v) is 16.0. The smallest absolute Gasteiger partial charge is 0.273 e. The maximum atomic E-state index is 13.7. The van der Waals surface area contributed by atoms with Gasteiger partial charge in [0.25, 0.3) is 5.91 Å². The molecule has 3 aromatic rings. The Morgan fingerprint density at radius 1 is 1.14 bits per heavy atom. The van der Waals surface area contributed by atoms with Gasteiger partial charge in [0.05, 0.1) is 13.2 Å². The molecule has 5 nitrogen and oxygen atoms in total. The minimum atomic E-state index is -0.278. The molecule has 2 heterocycles. The van der Waals surface area contributed by atoms with Crippen molar-refractivity contribution in [3.8, 4) is 16.3 Å². The zero-order valence-electron chi connectivity index (χ0n) is 15.1. The van der Waals surface area contributed by atoms with Gasteiger partial charge in [-0.3, -0.25) is 4.79 Å². The van der Waals surface area contributed by atoms with Crippen LogP contribution in [0.25, 0.3) is 10.6 Å². The first-order valence-corrected chi connectivity index (χ1v) is 9.88. The van der Waals surface area contributed by atoms with E-state index in [0.29, 0.717) is 43.3 Å². The number of aromatic nitrogens is 1. The minimum absolute atomic E-state index is 0.0596. The van der Waals surface area contributed by atoms with E-state index in [-0.39, 0.29) is 18.3 Å². The van der Waals surface area contributed by atoms with Crippen LogP contribution in [0.3, 0.4) is 0 Å². The second-order valence-electron chi connectivity index (χ2n) is 6.35. The van der Waals surface area contributed by atoms with Crippen molar-refractivity contribution in [3.05, 3.63) is 71.0 Å². The first-order valence-electron chi connectivity index (χ1n) is 9.00. The molecule has 4 rings (SSSR count). The fraction of sp³-hybridized carbons (Fsp3) is 0.238. The third-order valence-electron chi connectivity index (χ3n) is 4.48. The molecule has 1 fully saturated rings. The van der Waals surface area contributed by atoms with Gasteiger partial charge in [0.1, 0.15) is 28.9 Å². The number of nitrogens with zero attached hydrogens (tertiary/aromatic N) is 2. The summed E-state index contributed by atoms with van der Waals surface area (Å²) in [5.74, 6) is 0.309. The summed E-state index contributed by atoms with van der Waals surface area (Å²) in [7, 11) is 0. The molecule has 0 N–H and O–H groups in total. The van der Waals surface area contributed by atoms with Gasteiger partial charge in [-0.1, -0.05) is 18.2 Å². The van der Waals surface area contributed by atoms with E-state index in [2.05, 4.69) is 4.98 Å². The molecule has 2 aromatic carbocycles. The Bertz CT molecular complexity index is 952. The van der Waals surface area contributed by atoms with Crippen LogP contribution in [0, 0.1) is 5.82 Å². The highest BCUT2D eigenvalue weighted by molar-refractivity contribution is 7.13. The first kappa shape index (κ1) is 18.6. The largest absolute Gasteiger partial charge is 0.489 e. The number of morpholine rings is 1. The topological polar surface area (TPSA) is 51.7 Å². The number of carbonyl (C=O) groups is 1. The van der Waals surface area contributed by atoms with Crippen LogP contribution in [0.5, 0.6) is 5.75 Å². The molecule has 7 heteroatoms. The van der Waals surface area contributed by atoms with Crippen molar-refractivity contribution in [3.63, 3.8) is 0 Å². The van der Waals surface area contributed by atoms with Gasteiger partial charge in [-0.2, -0.15) is 0 Å². The predicted octanol–water partition coefficient (Wildman–Crippen LogP) is 4.00. The Morgan fingerprint density at radius 2 is 1.89 bits per heavy atom. The van der Waals surface area contributed by atoms with Crippen molar-refractivity contribution < 1.29 is 18.7 Å².